The van der Waals surface area contributed by atoms with Crippen LogP contribution in [0.3, 0.4) is 0 Å². The first-order valence-corrected chi connectivity index (χ1v) is 14.8. The fourth-order valence-corrected chi connectivity index (χ4v) is 6.26. The zero-order valence-corrected chi connectivity index (χ0v) is 25.7. The Hall–Kier alpha value is -4.97. The molecule has 12 heteroatoms. The number of thiazole rings is 1. The Morgan fingerprint density at radius 3 is 2.64 bits per heavy atom. The van der Waals surface area contributed by atoms with Gasteiger partial charge in [-0.15, -0.1) is 0 Å². The second-order valence-electron chi connectivity index (χ2n) is 9.93. The number of methoxy groups -OCH3 is 2. The summed E-state index contributed by atoms with van der Waals surface area (Å²) >= 11 is 1.17. The Labute approximate surface area is 256 Å². The van der Waals surface area contributed by atoms with E-state index in [2.05, 4.69) is 0 Å². The quantitative estimate of drug-likeness (QED) is 0.137. The fraction of sp³-hybridized carbons (Fsp3) is 0.281. The molecule has 1 atom stereocenters. The van der Waals surface area contributed by atoms with Gasteiger partial charge in [-0.3, -0.25) is 19.5 Å². The molecule has 2 aromatic heterocycles. The van der Waals surface area contributed by atoms with Gasteiger partial charge in [0.05, 0.1) is 41.6 Å². The molecule has 0 bridgehead atoms. The number of esters is 1. The minimum absolute atomic E-state index is 0.0120. The van der Waals surface area contributed by atoms with E-state index in [4.69, 9.17) is 23.6 Å². The standard InChI is InChI=1S/C32H31N3O8S/c1-6-9-23-28(31(37)42-7-2)29(22-16-19(40-4)12-14-25(22)41-5)34-30(36)27(44-32(34)33-23)17-20-13-15-26(43-20)21-10-8-11-24(18(21)3)35(38)39/h8,10-17,29H,6-7,9H2,1-5H3/b27-17-/t29-/m0/s1. The van der Waals surface area contributed by atoms with E-state index in [1.54, 1.807) is 62.4 Å². The number of carbonyl (C=O) groups is 1. The summed E-state index contributed by atoms with van der Waals surface area (Å²) in [6.45, 7) is 5.52. The van der Waals surface area contributed by atoms with Crippen molar-refractivity contribution >= 4 is 29.1 Å². The fourth-order valence-electron chi connectivity index (χ4n) is 5.26. The van der Waals surface area contributed by atoms with Crippen LogP contribution in [0, 0.1) is 17.0 Å². The Morgan fingerprint density at radius 2 is 1.95 bits per heavy atom. The SMILES string of the molecule is CCCC1=C(C(=O)OCC)[C@H](c2cc(OC)ccc2OC)n2c(s/c(=C\c3ccc(-c4cccc([N+](=O)[O-])c4C)o3)c2=O)=N1. The van der Waals surface area contributed by atoms with Gasteiger partial charge < -0.3 is 18.6 Å². The number of ether oxygens (including phenoxy) is 3. The number of nitrogens with zero attached hydrogens (tertiary/aromatic N) is 3. The van der Waals surface area contributed by atoms with Crippen LogP contribution >= 0.6 is 11.3 Å². The van der Waals surface area contributed by atoms with Gasteiger partial charge in [0, 0.05) is 28.8 Å². The zero-order chi connectivity index (χ0) is 31.5. The van der Waals surface area contributed by atoms with Crippen LogP contribution in [0.4, 0.5) is 5.69 Å². The third kappa shape index (κ3) is 5.55. The lowest BCUT2D eigenvalue weighted by Gasteiger charge is -2.27. The highest BCUT2D eigenvalue weighted by atomic mass is 32.1. The summed E-state index contributed by atoms with van der Waals surface area (Å²) in [5.74, 6) is 1.24. The molecular weight excluding hydrogens is 586 g/mol. The molecule has 5 rings (SSSR count). The number of hydrogen-bond acceptors (Lipinski definition) is 10. The molecule has 3 heterocycles. The molecule has 0 fully saturated rings. The average Bonchev–Trinajstić information content (AvgIpc) is 3.60. The van der Waals surface area contributed by atoms with Gasteiger partial charge in [0.15, 0.2) is 4.80 Å². The predicted octanol–water partition coefficient (Wildman–Crippen LogP) is 5.07. The van der Waals surface area contributed by atoms with Gasteiger partial charge in [0.2, 0.25) is 0 Å². The smallest absolute Gasteiger partial charge is 0.338 e. The molecule has 4 aromatic rings. The monoisotopic (exact) mass is 617 g/mol. The van der Waals surface area contributed by atoms with E-state index in [0.29, 0.717) is 67.6 Å². The van der Waals surface area contributed by atoms with Gasteiger partial charge >= 0.3 is 5.97 Å². The van der Waals surface area contributed by atoms with Gasteiger partial charge in [-0.1, -0.05) is 36.8 Å². The lowest BCUT2D eigenvalue weighted by molar-refractivity contribution is -0.385. The number of nitro groups is 1. The lowest BCUT2D eigenvalue weighted by Crippen LogP contribution is -2.40. The van der Waals surface area contributed by atoms with E-state index >= 15 is 0 Å². The molecule has 0 aliphatic carbocycles. The summed E-state index contributed by atoms with van der Waals surface area (Å²) in [5, 5.41) is 11.4. The van der Waals surface area contributed by atoms with Crippen molar-refractivity contribution in [3.8, 4) is 22.8 Å². The van der Waals surface area contributed by atoms with Gasteiger partial charge in [-0.25, -0.2) is 9.79 Å². The van der Waals surface area contributed by atoms with Crippen LogP contribution in [0.2, 0.25) is 0 Å². The van der Waals surface area contributed by atoms with Gasteiger partial charge in [0.25, 0.3) is 11.2 Å². The summed E-state index contributed by atoms with van der Waals surface area (Å²) < 4.78 is 24.5. The minimum atomic E-state index is -0.890. The Bertz CT molecular complexity index is 1970. The second-order valence-corrected chi connectivity index (χ2v) is 10.9. The summed E-state index contributed by atoms with van der Waals surface area (Å²) in [5.41, 5.74) is 2.00. The van der Waals surface area contributed by atoms with Crippen molar-refractivity contribution in [1.82, 2.24) is 4.57 Å². The number of aromatic nitrogens is 1. The molecule has 1 aliphatic heterocycles. The van der Waals surface area contributed by atoms with Gasteiger partial charge in [-0.2, -0.15) is 0 Å². The van der Waals surface area contributed by atoms with Crippen molar-refractivity contribution in [2.75, 3.05) is 20.8 Å². The minimum Gasteiger partial charge on any atom is -0.497 e. The van der Waals surface area contributed by atoms with Crippen molar-refractivity contribution in [2.24, 2.45) is 4.99 Å². The zero-order valence-electron chi connectivity index (χ0n) is 24.9. The number of allylic oxidation sites excluding steroid dienone is 1. The molecule has 0 saturated carbocycles. The topological polar surface area (TPSA) is 135 Å². The number of rotatable bonds is 10. The molecule has 44 heavy (non-hydrogen) atoms. The van der Waals surface area contributed by atoms with Crippen molar-refractivity contribution in [3.05, 3.63) is 106 Å². The molecule has 0 saturated heterocycles. The predicted molar refractivity (Wildman–Crippen MR) is 165 cm³/mol. The number of hydrogen-bond donors (Lipinski definition) is 0. The largest absolute Gasteiger partial charge is 0.497 e. The van der Waals surface area contributed by atoms with Gasteiger partial charge in [0.1, 0.15) is 29.1 Å². The van der Waals surface area contributed by atoms with E-state index in [-0.39, 0.29) is 23.4 Å². The van der Waals surface area contributed by atoms with Crippen molar-refractivity contribution < 1.29 is 28.3 Å². The van der Waals surface area contributed by atoms with Crippen molar-refractivity contribution in [1.29, 1.82) is 0 Å². The summed E-state index contributed by atoms with van der Waals surface area (Å²) in [6, 6.07) is 12.5. The van der Waals surface area contributed by atoms with Crippen LogP contribution in [-0.4, -0.2) is 36.3 Å². The van der Waals surface area contributed by atoms with E-state index in [0.717, 1.165) is 0 Å². The number of benzene rings is 2. The maximum absolute atomic E-state index is 14.1. The number of furan rings is 1. The summed E-state index contributed by atoms with van der Waals surface area (Å²) in [4.78, 5) is 43.8. The number of fused-ring (bicyclic) bond motifs is 1. The Kier molecular flexibility index (Phi) is 8.81. The van der Waals surface area contributed by atoms with E-state index in [1.165, 1.54) is 36.2 Å². The number of nitro benzene ring substituents is 1. The van der Waals surface area contributed by atoms with Crippen LogP contribution < -0.4 is 24.4 Å². The van der Waals surface area contributed by atoms with Crippen LogP contribution in [0.15, 0.2) is 74.0 Å². The van der Waals surface area contributed by atoms with E-state index < -0.39 is 16.9 Å². The van der Waals surface area contributed by atoms with Crippen molar-refractivity contribution in [2.45, 2.75) is 39.7 Å². The molecule has 0 unspecified atom stereocenters. The maximum Gasteiger partial charge on any atom is 0.338 e. The Morgan fingerprint density at radius 1 is 1.16 bits per heavy atom. The number of carbonyl (C=O) groups excluding carboxylic acids is 1. The van der Waals surface area contributed by atoms with Crippen LogP contribution in [-0.2, 0) is 9.53 Å². The van der Waals surface area contributed by atoms with Gasteiger partial charge in [-0.05, 0) is 50.6 Å². The third-order valence-corrected chi connectivity index (χ3v) is 8.27. The molecule has 11 nitrogen and oxygen atoms in total. The molecule has 0 N–H and O–H groups in total. The van der Waals surface area contributed by atoms with E-state index in [1.807, 2.05) is 6.92 Å². The molecule has 0 spiro atoms. The molecule has 0 amide bonds. The average molecular weight is 618 g/mol. The van der Waals surface area contributed by atoms with E-state index in [9.17, 15) is 19.7 Å². The first-order valence-electron chi connectivity index (χ1n) is 14.0. The first-order chi connectivity index (χ1) is 21.2. The molecule has 2 aromatic carbocycles. The van der Waals surface area contributed by atoms with Crippen LogP contribution in [0.1, 0.15) is 49.6 Å². The molecule has 1 aliphatic rings. The van der Waals surface area contributed by atoms with Crippen molar-refractivity contribution in [3.63, 3.8) is 0 Å². The summed E-state index contributed by atoms with van der Waals surface area (Å²) in [7, 11) is 3.06. The summed E-state index contributed by atoms with van der Waals surface area (Å²) in [6.07, 6.45) is 2.81. The highest BCUT2D eigenvalue weighted by molar-refractivity contribution is 7.07. The van der Waals surface area contributed by atoms with Crippen LogP contribution in [0.5, 0.6) is 11.5 Å². The second kappa shape index (κ2) is 12.7. The molecular formula is C32H31N3O8S. The maximum atomic E-state index is 14.1. The Balaban J connectivity index is 1.71. The highest BCUT2D eigenvalue weighted by Gasteiger charge is 2.36. The highest BCUT2D eigenvalue weighted by Crippen LogP contribution is 2.39. The molecule has 0 radical (unpaired) electrons. The normalized spacial score (nSPS) is 14.7. The third-order valence-electron chi connectivity index (χ3n) is 7.29. The lowest BCUT2D eigenvalue weighted by atomic mass is 9.93. The van der Waals surface area contributed by atoms with Crippen LogP contribution in [0.25, 0.3) is 17.4 Å². The molecule has 228 valence electrons. The first kappa shape index (κ1) is 30.5.